The lowest BCUT2D eigenvalue weighted by Gasteiger charge is -2.07. The van der Waals surface area contributed by atoms with Crippen molar-refractivity contribution in [1.82, 2.24) is 0 Å². The molecule has 2 aromatic rings. The van der Waals surface area contributed by atoms with Crippen LogP contribution in [-0.4, -0.2) is 10.8 Å². The first-order valence-electron chi connectivity index (χ1n) is 7.51. The van der Waals surface area contributed by atoms with Gasteiger partial charge in [0.1, 0.15) is 11.6 Å². The predicted molar refractivity (Wildman–Crippen MR) is 101 cm³/mol. The lowest BCUT2D eigenvalue weighted by Crippen LogP contribution is -2.13. The Kier molecular flexibility index (Phi) is 6.34. The molecule has 0 saturated carbocycles. The van der Waals surface area contributed by atoms with Crippen molar-refractivity contribution in [3.8, 4) is 6.07 Å². The van der Waals surface area contributed by atoms with Gasteiger partial charge in [0.15, 0.2) is 0 Å². The third kappa shape index (κ3) is 4.60. The molecule has 6 nitrogen and oxygen atoms in total. The molecular formula is C18H13Cl2N3O3. The second kappa shape index (κ2) is 8.48. The SMILES string of the molecule is CCc1ccc(/C=C(\C#N)C(=O)Nc2ccc(Cl)cc2Cl)cc1[N+](=O)[O-]. The molecule has 0 heterocycles. The molecule has 0 radical (unpaired) electrons. The maximum atomic E-state index is 12.3. The Labute approximate surface area is 159 Å². The van der Waals surface area contributed by atoms with Crippen molar-refractivity contribution in [2.24, 2.45) is 0 Å². The fraction of sp³-hybridized carbons (Fsp3) is 0.111. The molecule has 0 unspecified atom stereocenters. The number of nitro benzene ring substituents is 1. The second-order valence-electron chi connectivity index (χ2n) is 5.25. The number of aryl methyl sites for hydroxylation is 1. The summed E-state index contributed by atoms with van der Waals surface area (Å²) in [5.74, 6) is -0.682. The number of amides is 1. The van der Waals surface area contributed by atoms with E-state index in [0.717, 1.165) is 0 Å². The molecule has 132 valence electrons. The first-order valence-corrected chi connectivity index (χ1v) is 8.26. The number of hydrogen-bond acceptors (Lipinski definition) is 4. The van der Waals surface area contributed by atoms with Gasteiger partial charge in [-0.05, 0) is 36.3 Å². The highest BCUT2D eigenvalue weighted by molar-refractivity contribution is 6.36. The Morgan fingerprint density at radius 2 is 2.04 bits per heavy atom. The number of benzene rings is 2. The predicted octanol–water partition coefficient (Wildman–Crippen LogP) is 5.01. The zero-order chi connectivity index (χ0) is 19.3. The van der Waals surface area contributed by atoms with Gasteiger partial charge in [-0.25, -0.2) is 0 Å². The molecular weight excluding hydrogens is 377 g/mol. The van der Waals surface area contributed by atoms with Crippen LogP contribution in [-0.2, 0) is 11.2 Å². The first-order chi connectivity index (χ1) is 12.3. The van der Waals surface area contributed by atoms with Gasteiger partial charge in [0.2, 0.25) is 0 Å². The summed E-state index contributed by atoms with van der Waals surface area (Å²) in [6.07, 6.45) is 1.78. The lowest BCUT2D eigenvalue weighted by molar-refractivity contribution is -0.385. The Bertz CT molecular complexity index is 949. The fourth-order valence-electron chi connectivity index (χ4n) is 2.24. The van der Waals surface area contributed by atoms with Crippen LogP contribution in [0.5, 0.6) is 0 Å². The Hall–Kier alpha value is -2.88. The fourth-order valence-corrected chi connectivity index (χ4v) is 2.69. The Morgan fingerprint density at radius 1 is 1.31 bits per heavy atom. The average Bonchev–Trinajstić information content (AvgIpc) is 2.61. The van der Waals surface area contributed by atoms with E-state index in [1.807, 2.05) is 6.92 Å². The number of hydrogen-bond donors (Lipinski definition) is 1. The molecule has 0 aliphatic heterocycles. The monoisotopic (exact) mass is 389 g/mol. The van der Waals surface area contributed by atoms with E-state index in [4.69, 9.17) is 23.2 Å². The summed E-state index contributed by atoms with van der Waals surface area (Å²) in [5.41, 5.74) is 0.981. The molecule has 1 amide bonds. The van der Waals surface area contributed by atoms with Gasteiger partial charge in [-0.15, -0.1) is 0 Å². The summed E-state index contributed by atoms with van der Waals surface area (Å²) in [6.45, 7) is 1.81. The maximum absolute atomic E-state index is 12.3. The van der Waals surface area contributed by atoms with Crippen molar-refractivity contribution >= 4 is 46.6 Å². The third-order valence-electron chi connectivity index (χ3n) is 3.54. The number of carbonyl (C=O) groups excluding carboxylic acids is 1. The van der Waals surface area contributed by atoms with Crippen LogP contribution in [0.15, 0.2) is 42.0 Å². The van der Waals surface area contributed by atoms with E-state index in [0.29, 0.717) is 28.3 Å². The van der Waals surface area contributed by atoms with Crippen molar-refractivity contribution in [1.29, 1.82) is 5.26 Å². The zero-order valence-corrected chi connectivity index (χ0v) is 15.1. The van der Waals surface area contributed by atoms with Crippen molar-refractivity contribution < 1.29 is 9.72 Å². The van der Waals surface area contributed by atoms with Gasteiger partial charge in [-0.3, -0.25) is 14.9 Å². The quantitative estimate of drug-likeness (QED) is 0.336. The van der Waals surface area contributed by atoms with E-state index < -0.39 is 10.8 Å². The molecule has 0 spiro atoms. The highest BCUT2D eigenvalue weighted by atomic mass is 35.5. The molecule has 8 heteroatoms. The molecule has 26 heavy (non-hydrogen) atoms. The minimum Gasteiger partial charge on any atom is -0.320 e. The van der Waals surface area contributed by atoms with Crippen molar-refractivity contribution in [3.63, 3.8) is 0 Å². The van der Waals surface area contributed by atoms with Gasteiger partial charge < -0.3 is 5.32 Å². The van der Waals surface area contributed by atoms with E-state index >= 15 is 0 Å². The van der Waals surface area contributed by atoms with E-state index in [9.17, 15) is 20.2 Å². The summed E-state index contributed by atoms with van der Waals surface area (Å²) >= 11 is 11.8. The lowest BCUT2D eigenvalue weighted by atomic mass is 10.0. The van der Waals surface area contributed by atoms with Crippen LogP contribution in [0.1, 0.15) is 18.1 Å². The van der Waals surface area contributed by atoms with Crippen LogP contribution in [0.4, 0.5) is 11.4 Å². The van der Waals surface area contributed by atoms with Gasteiger partial charge in [0.05, 0.1) is 15.6 Å². The molecule has 1 N–H and O–H groups in total. The van der Waals surface area contributed by atoms with Gasteiger partial charge in [0.25, 0.3) is 11.6 Å². The number of carbonyl (C=O) groups is 1. The molecule has 0 aromatic heterocycles. The molecule has 0 fully saturated rings. The van der Waals surface area contributed by atoms with Crippen LogP contribution >= 0.6 is 23.2 Å². The smallest absolute Gasteiger partial charge is 0.273 e. The molecule has 0 aliphatic carbocycles. The van der Waals surface area contributed by atoms with Crippen LogP contribution in [0.2, 0.25) is 10.0 Å². The number of nitrogens with zero attached hydrogens (tertiary/aromatic N) is 2. The van der Waals surface area contributed by atoms with Gasteiger partial charge in [0, 0.05) is 16.7 Å². The summed E-state index contributed by atoms with van der Waals surface area (Å²) in [5, 5.41) is 23.6. The minimum atomic E-state index is -0.682. The Morgan fingerprint density at radius 3 is 2.62 bits per heavy atom. The standard InChI is InChI=1S/C18H13Cl2N3O3/c1-2-12-4-3-11(8-17(12)23(25)26)7-13(10-21)18(24)22-16-6-5-14(19)9-15(16)20/h3-9H,2H2,1H3,(H,22,24)/b13-7+. The maximum Gasteiger partial charge on any atom is 0.273 e. The topological polar surface area (TPSA) is 96.0 Å². The van der Waals surface area contributed by atoms with Crippen molar-refractivity contribution in [2.75, 3.05) is 5.32 Å². The number of nitro groups is 1. The summed E-state index contributed by atoms with van der Waals surface area (Å²) < 4.78 is 0. The second-order valence-corrected chi connectivity index (χ2v) is 6.09. The normalized spacial score (nSPS) is 10.9. The average molecular weight is 390 g/mol. The largest absolute Gasteiger partial charge is 0.320 e. The van der Waals surface area contributed by atoms with E-state index in [2.05, 4.69) is 5.32 Å². The number of halogens is 2. The molecule has 2 rings (SSSR count). The number of nitrogens with one attached hydrogen (secondary N) is 1. The van der Waals surface area contributed by atoms with Crippen LogP contribution in [0, 0.1) is 21.4 Å². The number of nitriles is 1. The van der Waals surface area contributed by atoms with Crippen LogP contribution in [0.25, 0.3) is 6.08 Å². The number of anilines is 1. The van der Waals surface area contributed by atoms with E-state index in [-0.39, 0.29) is 16.3 Å². The van der Waals surface area contributed by atoms with Crippen molar-refractivity contribution in [3.05, 3.63) is 73.3 Å². The van der Waals surface area contributed by atoms with Crippen molar-refractivity contribution in [2.45, 2.75) is 13.3 Å². The molecule has 0 saturated heterocycles. The molecule has 0 aliphatic rings. The van der Waals surface area contributed by atoms with E-state index in [1.54, 1.807) is 24.3 Å². The van der Waals surface area contributed by atoms with Crippen LogP contribution < -0.4 is 5.32 Å². The molecule has 0 bridgehead atoms. The highest BCUT2D eigenvalue weighted by Crippen LogP contribution is 2.26. The van der Waals surface area contributed by atoms with Gasteiger partial charge >= 0.3 is 0 Å². The molecule has 0 atom stereocenters. The Balaban J connectivity index is 2.32. The zero-order valence-electron chi connectivity index (χ0n) is 13.6. The summed E-state index contributed by atoms with van der Waals surface area (Å²) in [7, 11) is 0. The molecule has 2 aromatic carbocycles. The first kappa shape index (κ1) is 19.4. The third-order valence-corrected chi connectivity index (χ3v) is 4.09. The van der Waals surface area contributed by atoms with E-state index in [1.165, 1.54) is 24.3 Å². The summed E-state index contributed by atoms with van der Waals surface area (Å²) in [4.78, 5) is 23.0. The summed E-state index contributed by atoms with van der Waals surface area (Å²) in [6, 6.07) is 10.9. The van der Waals surface area contributed by atoms with Crippen LogP contribution in [0.3, 0.4) is 0 Å². The van der Waals surface area contributed by atoms with Gasteiger partial charge in [-0.2, -0.15) is 5.26 Å². The number of rotatable bonds is 5. The highest BCUT2D eigenvalue weighted by Gasteiger charge is 2.15. The minimum absolute atomic E-state index is 0.0558. The van der Waals surface area contributed by atoms with Gasteiger partial charge in [-0.1, -0.05) is 42.3 Å².